The van der Waals surface area contributed by atoms with Crippen molar-refractivity contribution in [2.24, 2.45) is 0 Å². The number of ether oxygens (including phenoxy) is 2. The molecule has 0 bridgehead atoms. The van der Waals surface area contributed by atoms with Crippen LogP contribution in [-0.4, -0.2) is 60.7 Å². The monoisotopic (exact) mass is 247 g/mol. The molecule has 0 unspecified atom stereocenters. The Morgan fingerprint density at radius 2 is 1.94 bits per heavy atom. The molecule has 0 saturated carbocycles. The highest BCUT2D eigenvalue weighted by Crippen LogP contribution is 2.19. The van der Waals surface area contributed by atoms with Gasteiger partial charge in [-0.1, -0.05) is 0 Å². The van der Waals surface area contributed by atoms with Crippen LogP contribution >= 0.6 is 0 Å². The van der Waals surface area contributed by atoms with E-state index in [0.29, 0.717) is 26.1 Å². The topological polar surface area (TPSA) is 105 Å². The summed E-state index contributed by atoms with van der Waals surface area (Å²) in [5.41, 5.74) is -0.665. The van der Waals surface area contributed by atoms with Crippen molar-refractivity contribution in [3.05, 3.63) is 0 Å². The van der Waals surface area contributed by atoms with Crippen LogP contribution in [0.1, 0.15) is 12.8 Å². The van der Waals surface area contributed by atoms with E-state index >= 15 is 0 Å². The van der Waals surface area contributed by atoms with Crippen LogP contribution in [0.4, 0.5) is 0 Å². The predicted octanol–water partition coefficient (Wildman–Crippen LogP) is -1.25. The molecule has 98 valence electrons. The third-order valence-corrected chi connectivity index (χ3v) is 2.62. The number of carbonyl (C=O) groups is 2. The second-order valence-electron chi connectivity index (χ2n) is 3.99. The Morgan fingerprint density at radius 1 is 1.29 bits per heavy atom. The van der Waals surface area contributed by atoms with Gasteiger partial charge in [0, 0.05) is 13.2 Å². The van der Waals surface area contributed by atoms with Gasteiger partial charge in [0.05, 0.1) is 12.1 Å². The highest BCUT2D eigenvalue weighted by Gasteiger charge is 2.33. The summed E-state index contributed by atoms with van der Waals surface area (Å²) < 4.78 is 9.81. The van der Waals surface area contributed by atoms with Gasteiger partial charge in [-0.05, 0) is 12.8 Å². The SMILES string of the molecule is O=C(O)COCC(=O)NC1(CO)CCOCC1. The van der Waals surface area contributed by atoms with E-state index in [1.807, 2.05) is 0 Å². The van der Waals surface area contributed by atoms with E-state index in [4.69, 9.17) is 9.84 Å². The third-order valence-electron chi connectivity index (χ3n) is 2.62. The van der Waals surface area contributed by atoms with Crippen LogP contribution in [0, 0.1) is 0 Å². The Morgan fingerprint density at radius 3 is 2.47 bits per heavy atom. The van der Waals surface area contributed by atoms with E-state index in [0.717, 1.165) is 0 Å². The molecule has 7 heteroatoms. The smallest absolute Gasteiger partial charge is 0.329 e. The summed E-state index contributed by atoms with van der Waals surface area (Å²) in [6.45, 7) is -0.0355. The van der Waals surface area contributed by atoms with Crippen molar-refractivity contribution in [2.45, 2.75) is 18.4 Å². The number of carboxylic acids is 1. The van der Waals surface area contributed by atoms with Crippen molar-refractivity contribution in [2.75, 3.05) is 33.0 Å². The maximum atomic E-state index is 11.5. The van der Waals surface area contributed by atoms with Crippen LogP contribution in [0.25, 0.3) is 0 Å². The number of carboxylic acid groups (broad SMARTS) is 1. The fourth-order valence-corrected chi connectivity index (χ4v) is 1.65. The number of aliphatic hydroxyl groups is 1. The predicted molar refractivity (Wildman–Crippen MR) is 56.5 cm³/mol. The fraction of sp³-hybridized carbons (Fsp3) is 0.800. The summed E-state index contributed by atoms with van der Waals surface area (Å²) in [6.07, 6.45) is 1.07. The zero-order valence-corrected chi connectivity index (χ0v) is 9.48. The molecule has 1 saturated heterocycles. The molecule has 0 aromatic carbocycles. The summed E-state index contributed by atoms with van der Waals surface area (Å²) in [6, 6.07) is 0. The van der Waals surface area contributed by atoms with Crippen LogP contribution in [0.3, 0.4) is 0 Å². The van der Waals surface area contributed by atoms with E-state index < -0.39 is 24.0 Å². The Labute approximate surface area is 98.7 Å². The molecule has 0 aliphatic carbocycles. The molecule has 3 N–H and O–H groups in total. The first-order valence-electron chi connectivity index (χ1n) is 5.37. The number of aliphatic carboxylic acids is 1. The highest BCUT2D eigenvalue weighted by molar-refractivity contribution is 5.78. The van der Waals surface area contributed by atoms with Crippen LogP contribution in [0.15, 0.2) is 0 Å². The van der Waals surface area contributed by atoms with Gasteiger partial charge in [-0.25, -0.2) is 4.79 Å². The molecule has 1 amide bonds. The van der Waals surface area contributed by atoms with Gasteiger partial charge in [-0.15, -0.1) is 0 Å². The molecule has 0 aromatic rings. The van der Waals surface area contributed by atoms with Gasteiger partial charge in [-0.2, -0.15) is 0 Å². The maximum absolute atomic E-state index is 11.5. The Kier molecular flexibility index (Phi) is 5.33. The van der Waals surface area contributed by atoms with E-state index in [2.05, 4.69) is 10.1 Å². The molecule has 1 aliphatic heterocycles. The number of aliphatic hydroxyl groups excluding tert-OH is 1. The van der Waals surface area contributed by atoms with Gasteiger partial charge < -0.3 is 25.0 Å². The van der Waals surface area contributed by atoms with Gasteiger partial charge in [0.25, 0.3) is 0 Å². The largest absolute Gasteiger partial charge is 0.480 e. The molecule has 0 radical (unpaired) electrons. The average molecular weight is 247 g/mol. The second-order valence-corrected chi connectivity index (χ2v) is 3.99. The fourth-order valence-electron chi connectivity index (χ4n) is 1.65. The normalized spacial score (nSPS) is 18.6. The van der Waals surface area contributed by atoms with Crippen LogP contribution in [0.2, 0.25) is 0 Å². The first kappa shape index (κ1) is 13.9. The van der Waals surface area contributed by atoms with Crippen molar-refractivity contribution in [1.29, 1.82) is 0 Å². The molecule has 1 heterocycles. The summed E-state index contributed by atoms with van der Waals surface area (Å²) in [5.74, 6) is -1.55. The maximum Gasteiger partial charge on any atom is 0.329 e. The lowest BCUT2D eigenvalue weighted by atomic mass is 9.91. The minimum Gasteiger partial charge on any atom is -0.480 e. The van der Waals surface area contributed by atoms with Crippen LogP contribution in [0.5, 0.6) is 0 Å². The zero-order valence-electron chi connectivity index (χ0n) is 9.48. The lowest BCUT2D eigenvalue weighted by molar-refractivity contribution is -0.144. The Hall–Kier alpha value is -1.18. The minimum absolute atomic E-state index is 0.166. The lowest BCUT2D eigenvalue weighted by Crippen LogP contribution is -2.55. The first-order chi connectivity index (χ1) is 8.08. The number of rotatable bonds is 6. The van der Waals surface area contributed by atoms with E-state index in [1.54, 1.807) is 0 Å². The van der Waals surface area contributed by atoms with Crippen molar-refractivity contribution < 1.29 is 29.3 Å². The summed E-state index contributed by atoms with van der Waals surface area (Å²) in [4.78, 5) is 21.7. The molecule has 0 spiro atoms. The number of hydrogen-bond acceptors (Lipinski definition) is 5. The van der Waals surface area contributed by atoms with Gasteiger partial charge in [-0.3, -0.25) is 4.79 Å². The zero-order chi connectivity index (χ0) is 12.7. The van der Waals surface area contributed by atoms with E-state index in [1.165, 1.54) is 0 Å². The number of nitrogens with one attached hydrogen (secondary N) is 1. The molecule has 7 nitrogen and oxygen atoms in total. The van der Waals surface area contributed by atoms with Crippen molar-refractivity contribution >= 4 is 11.9 Å². The number of hydrogen-bond donors (Lipinski definition) is 3. The first-order valence-corrected chi connectivity index (χ1v) is 5.37. The summed E-state index contributed by atoms with van der Waals surface area (Å²) >= 11 is 0. The minimum atomic E-state index is -1.12. The Balaban J connectivity index is 2.34. The van der Waals surface area contributed by atoms with E-state index in [9.17, 15) is 14.7 Å². The number of carbonyl (C=O) groups excluding carboxylic acids is 1. The molecule has 1 fully saturated rings. The van der Waals surface area contributed by atoms with Gasteiger partial charge >= 0.3 is 5.97 Å². The second kappa shape index (κ2) is 6.53. The van der Waals surface area contributed by atoms with Crippen molar-refractivity contribution in [3.63, 3.8) is 0 Å². The highest BCUT2D eigenvalue weighted by atomic mass is 16.5. The number of amides is 1. The molecular weight excluding hydrogens is 230 g/mol. The average Bonchev–Trinajstić information content (AvgIpc) is 2.29. The standard InChI is InChI=1S/C10H17NO6/c12-7-10(1-3-16-4-2-10)11-8(13)5-17-6-9(14)15/h12H,1-7H2,(H,11,13)(H,14,15). The van der Waals surface area contributed by atoms with Gasteiger partial charge in [0.15, 0.2) is 0 Å². The molecule has 0 aromatic heterocycles. The summed E-state index contributed by atoms with van der Waals surface area (Å²) in [5, 5.41) is 20.3. The van der Waals surface area contributed by atoms with Gasteiger partial charge in [0.2, 0.25) is 5.91 Å². The Bertz CT molecular complexity index is 274. The van der Waals surface area contributed by atoms with Crippen molar-refractivity contribution in [1.82, 2.24) is 5.32 Å². The lowest BCUT2D eigenvalue weighted by Gasteiger charge is -2.36. The van der Waals surface area contributed by atoms with Crippen molar-refractivity contribution in [3.8, 4) is 0 Å². The third kappa shape index (κ3) is 4.68. The molecular formula is C10H17NO6. The van der Waals surface area contributed by atoms with Gasteiger partial charge in [0.1, 0.15) is 13.2 Å². The molecule has 1 rings (SSSR count). The quantitative estimate of drug-likeness (QED) is 0.541. The van der Waals surface area contributed by atoms with E-state index in [-0.39, 0.29) is 13.2 Å². The summed E-state index contributed by atoms with van der Waals surface area (Å²) in [7, 11) is 0. The van der Waals surface area contributed by atoms with Crippen LogP contribution in [-0.2, 0) is 19.1 Å². The molecule has 0 atom stereocenters. The molecule has 17 heavy (non-hydrogen) atoms. The van der Waals surface area contributed by atoms with Crippen LogP contribution < -0.4 is 5.32 Å². The molecule has 1 aliphatic rings.